The van der Waals surface area contributed by atoms with Gasteiger partial charge in [-0.1, -0.05) is 227 Å². The number of rotatable bonds is 44. The molecular formula is C53H105N3O2. The largest absolute Gasteiger partial charge is 0.351 e. The van der Waals surface area contributed by atoms with Gasteiger partial charge in [0.1, 0.15) is 5.54 Å². The molecule has 0 aliphatic heterocycles. The third-order valence-corrected chi connectivity index (χ3v) is 13.7. The van der Waals surface area contributed by atoms with Crippen molar-refractivity contribution in [2.75, 3.05) is 27.2 Å². The van der Waals surface area contributed by atoms with Crippen LogP contribution in [0.15, 0.2) is 0 Å². The van der Waals surface area contributed by atoms with E-state index >= 15 is 4.79 Å². The van der Waals surface area contributed by atoms with E-state index in [1.54, 1.807) is 0 Å². The lowest BCUT2D eigenvalue weighted by molar-refractivity contribution is -0.158. The number of hydrogen-bond acceptors (Lipinski definition) is 3. The number of nitrogens with one attached hydrogen (secondary N) is 1. The van der Waals surface area contributed by atoms with E-state index in [2.05, 4.69) is 56.9 Å². The molecule has 0 heterocycles. The minimum atomic E-state index is -0.645. The van der Waals surface area contributed by atoms with Gasteiger partial charge in [-0.25, -0.2) is 0 Å². The average Bonchev–Trinajstić information content (AvgIpc) is 3.19. The summed E-state index contributed by atoms with van der Waals surface area (Å²) in [5.74, 6) is 0.571. The van der Waals surface area contributed by atoms with E-state index in [0.717, 1.165) is 90.1 Å². The van der Waals surface area contributed by atoms with Gasteiger partial charge in [-0.15, -0.1) is 0 Å². The number of amides is 2. The molecule has 0 aromatic carbocycles. The summed E-state index contributed by atoms with van der Waals surface area (Å²) in [7, 11) is 4.31. The maximum absolute atomic E-state index is 15.1. The summed E-state index contributed by atoms with van der Waals surface area (Å²) < 4.78 is 0. The van der Waals surface area contributed by atoms with Crippen LogP contribution in [0.3, 0.4) is 0 Å². The standard InChI is InChI=1S/C53H105N3O2/c1-7-11-15-19-23-27-29-34-41-49(42-35-30-28-24-20-16-12-8-2)51(57)56(48-39-33-38-47-55(5)6)53(45-40-46-53)52(58)54-50(43-36-31-25-21-17-13-9-3)44-37-32-26-22-18-14-10-4/h49-50H,7-48H2,1-6H3,(H,54,58). The summed E-state index contributed by atoms with van der Waals surface area (Å²) in [6.07, 6.45) is 49.2. The van der Waals surface area contributed by atoms with Crippen LogP contribution < -0.4 is 5.32 Å². The highest BCUT2D eigenvalue weighted by Gasteiger charge is 2.51. The lowest BCUT2D eigenvalue weighted by atomic mass is 9.73. The first kappa shape index (κ1) is 54.9. The number of nitrogens with zero attached hydrogens (tertiary/aromatic N) is 2. The quantitative estimate of drug-likeness (QED) is 0.0623. The van der Waals surface area contributed by atoms with E-state index < -0.39 is 5.54 Å². The van der Waals surface area contributed by atoms with Crippen LogP contribution in [0, 0.1) is 5.92 Å². The molecular weight excluding hydrogens is 711 g/mol. The van der Waals surface area contributed by atoms with Gasteiger partial charge in [-0.2, -0.15) is 0 Å². The smallest absolute Gasteiger partial charge is 0.246 e. The van der Waals surface area contributed by atoms with Gasteiger partial charge in [-0.3, -0.25) is 9.59 Å². The van der Waals surface area contributed by atoms with Crippen molar-refractivity contribution in [3.63, 3.8) is 0 Å². The van der Waals surface area contributed by atoms with E-state index in [-0.39, 0.29) is 17.9 Å². The molecule has 1 rings (SSSR count). The second kappa shape index (κ2) is 38.8. The molecule has 0 bridgehead atoms. The van der Waals surface area contributed by atoms with Crippen LogP contribution in [-0.2, 0) is 9.59 Å². The second-order valence-corrected chi connectivity index (χ2v) is 19.5. The predicted octanol–water partition coefficient (Wildman–Crippen LogP) is 15.9. The Bertz CT molecular complexity index is 879. The van der Waals surface area contributed by atoms with Crippen molar-refractivity contribution < 1.29 is 9.59 Å². The highest BCUT2D eigenvalue weighted by molar-refractivity contribution is 5.93. The monoisotopic (exact) mass is 816 g/mol. The zero-order valence-electron chi connectivity index (χ0n) is 40.6. The Morgan fingerprint density at radius 3 is 1.12 bits per heavy atom. The molecule has 0 unspecified atom stereocenters. The predicted molar refractivity (Wildman–Crippen MR) is 256 cm³/mol. The third-order valence-electron chi connectivity index (χ3n) is 13.7. The first-order valence-electron chi connectivity index (χ1n) is 26.6. The van der Waals surface area contributed by atoms with Gasteiger partial charge in [0.25, 0.3) is 0 Å². The maximum Gasteiger partial charge on any atom is 0.246 e. The first-order valence-corrected chi connectivity index (χ1v) is 26.6. The molecule has 0 saturated heterocycles. The molecule has 1 fully saturated rings. The molecule has 1 aliphatic carbocycles. The third kappa shape index (κ3) is 27.0. The zero-order chi connectivity index (χ0) is 42.4. The van der Waals surface area contributed by atoms with Gasteiger partial charge < -0.3 is 15.1 Å². The molecule has 0 aromatic heterocycles. The summed E-state index contributed by atoms with van der Waals surface area (Å²) in [6, 6.07) is 0.235. The molecule has 1 saturated carbocycles. The van der Waals surface area contributed by atoms with Gasteiger partial charge in [0.2, 0.25) is 11.8 Å². The van der Waals surface area contributed by atoms with Crippen molar-refractivity contribution in [3.8, 4) is 0 Å². The molecule has 2 amide bonds. The van der Waals surface area contributed by atoms with Crippen molar-refractivity contribution in [1.82, 2.24) is 15.1 Å². The van der Waals surface area contributed by atoms with Gasteiger partial charge in [0, 0.05) is 18.5 Å². The van der Waals surface area contributed by atoms with Crippen LogP contribution in [0.4, 0.5) is 0 Å². The van der Waals surface area contributed by atoms with Crippen molar-refractivity contribution >= 4 is 11.8 Å². The van der Waals surface area contributed by atoms with E-state index in [4.69, 9.17) is 0 Å². The van der Waals surface area contributed by atoms with Crippen LogP contribution in [0.1, 0.15) is 285 Å². The maximum atomic E-state index is 15.1. The van der Waals surface area contributed by atoms with Crippen LogP contribution in [0.2, 0.25) is 0 Å². The Morgan fingerprint density at radius 2 is 0.776 bits per heavy atom. The molecule has 0 atom stereocenters. The lowest BCUT2D eigenvalue weighted by Crippen LogP contribution is -2.66. The first-order chi connectivity index (χ1) is 28.4. The van der Waals surface area contributed by atoms with E-state index in [1.807, 2.05) is 0 Å². The van der Waals surface area contributed by atoms with E-state index in [0.29, 0.717) is 5.91 Å². The summed E-state index contributed by atoms with van der Waals surface area (Å²) in [4.78, 5) is 34.4. The zero-order valence-corrected chi connectivity index (χ0v) is 40.6. The number of hydrogen-bond donors (Lipinski definition) is 1. The van der Waals surface area contributed by atoms with Crippen molar-refractivity contribution in [2.45, 2.75) is 296 Å². The van der Waals surface area contributed by atoms with Crippen LogP contribution >= 0.6 is 0 Å². The highest BCUT2D eigenvalue weighted by atomic mass is 16.2. The summed E-state index contributed by atoms with van der Waals surface area (Å²) in [6.45, 7) is 11.0. The Hall–Kier alpha value is -1.10. The summed E-state index contributed by atoms with van der Waals surface area (Å²) in [5, 5.41) is 3.70. The summed E-state index contributed by atoms with van der Waals surface area (Å²) >= 11 is 0. The van der Waals surface area contributed by atoms with Crippen molar-refractivity contribution in [3.05, 3.63) is 0 Å². The Kier molecular flexibility index (Phi) is 36.7. The minimum absolute atomic E-state index is 0.0587. The van der Waals surface area contributed by atoms with Crippen LogP contribution in [0.25, 0.3) is 0 Å². The van der Waals surface area contributed by atoms with Gasteiger partial charge in [0.05, 0.1) is 0 Å². The molecule has 1 aliphatic rings. The molecule has 1 N–H and O–H groups in total. The van der Waals surface area contributed by atoms with Gasteiger partial charge >= 0.3 is 0 Å². The Labute approximate surface area is 364 Å². The Balaban J connectivity index is 3.15. The number of unbranched alkanes of at least 4 members (excludes halogenated alkanes) is 28. The average molecular weight is 816 g/mol. The molecule has 5 nitrogen and oxygen atoms in total. The number of carbonyl (C=O) groups is 2. The molecule has 0 spiro atoms. The van der Waals surface area contributed by atoms with Crippen molar-refractivity contribution in [1.29, 1.82) is 0 Å². The fraction of sp³-hybridized carbons (Fsp3) is 0.962. The highest BCUT2D eigenvalue weighted by Crippen LogP contribution is 2.40. The normalized spacial score (nSPS) is 13.8. The Morgan fingerprint density at radius 1 is 0.448 bits per heavy atom. The minimum Gasteiger partial charge on any atom is -0.351 e. The van der Waals surface area contributed by atoms with Crippen LogP contribution in [-0.4, -0.2) is 60.4 Å². The molecule has 0 radical (unpaired) electrons. The van der Waals surface area contributed by atoms with Crippen LogP contribution in [0.5, 0.6) is 0 Å². The molecule has 58 heavy (non-hydrogen) atoms. The van der Waals surface area contributed by atoms with Gasteiger partial charge in [0.15, 0.2) is 0 Å². The molecule has 0 aromatic rings. The van der Waals surface area contributed by atoms with E-state index in [9.17, 15) is 4.79 Å². The fourth-order valence-corrected chi connectivity index (χ4v) is 9.51. The fourth-order valence-electron chi connectivity index (χ4n) is 9.51. The number of carbonyl (C=O) groups excluding carboxylic acids is 2. The van der Waals surface area contributed by atoms with E-state index in [1.165, 1.54) is 180 Å². The lowest BCUT2D eigenvalue weighted by Gasteiger charge is -2.50. The summed E-state index contributed by atoms with van der Waals surface area (Å²) in [5.41, 5.74) is -0.645. The molecule has 5 heteroatoms. The topological polar surface area (TPSA) is 52.7 Å². The van der Waals surface area contributed by atoms with Gasteiger partial charge in [-0.05, 0) is 78.4 Å². The molecule has 344 valence electrons. The van der Waals surface area contributed by atoms with Crippen molar-refractivity contribution in [2.24, 2.45) is 5.92 Å². The second-order valence-electron chi connectivity index (χ2n) is 19.5. The SMILES string of the molecule is CCCCCCCCCCC(CCCCCCCCCC)C(=O)N(CCCCCN(C)C)C1(C(=O)NC(CCCCCCCCC)CCCCCCCCC)CCC1.